The van der Waals surface area contributed by atoms with Crippen LogP contribution in [-0.2, 0) is 11.3 Å². The van der Waals surface area contributed by atoms with Gasteiger partial charge in [0.15, 0.2) is 0 Å². The molecule has 0 unspecified atom stereocenters. The molecule has 0 atom stereocenters. The number of aromatic amines is 1. The minimum Gasteiger partial charge on any atom is -0.480 e. The summed E-state index contributed by atoms with van der Waals surface area (Å²) in [7, 11) is 0. The number of nitrogens with one attached hydrogen (secondary N) is 1. The van der Waals surface area contributed by atoms with Crippen molar-refractivity contribution in [3.63, 3.8) is 0 Å². The van der Waals surface area contributed by atoms with Gasteiger partial charge in [0.25, 0.3) is 0 Å². The van der Waals surface area contributed by atoms with Crippen molar-refractivity contribution in [1.82, 2.24) is 14.5 Å². The van der Waals surface area contributed by atoms with Crippen LogP contribution in [0.15, 0.2) is 47.4 Å². The highest BCUT2D eigenvalue weighted by Gasteiger charge is 2.14. The number of H-pyrrole nitrogens is 1. The fraction of sp³-hybridized carbons (Fsp3) is 0.0714. The maximum absolute atomic E-state index is 11.4. The molecule has 3 rings (SSSR count). The highest BCUT2D eigenvalue weighted by atomic mass is 16.4. The number of pyridine rings is 1. The minimum atomic E-state index is -0.959. The second-order valence-electron chi connectivity index (χ2n) is 4.35. The molecule has 1 aromatic carbocycles. The standard InChI is InChI=1S/C14H11N3O3/c18-12-7-9(5-6-15-12)14-16-10-3-1-2-4-11(10)17(14)8-13(19)20/h1-7H,8H2,(H,15,18)(H,19,20). The van der Waals surface area contributed by atoms with E-state index >= 15 is 0 Å². The van der Waals surface area contributed by atoms with Crippen LogP contribution in [0.3, 0.4) is 0 Å². The summed E-state index contributed by atoms with van der Waals surface area (Å²) in [4.78, 5) is 29.4. The Morgan fingerprint density at radius 3 is 2.85 bits per heavy atom. The van der Waals surface area contributed by atoms with Crippen molar-refractivity contribution in [2.24, 2.45) is 0 Å². The summed E-state index contributed by atoms with van der Waals surface area (Å²) in [5.41, 5.74) is 1.76. The molecule has 20 heavy (non-hydrogen) atoms. The van der Waals surface area contributed by atoms with Crippen LogP contribution in [0.1, 0.15) is 0 Å². The van der Waals surface area contributed by atoms with Crippen molar-refractivity contribution in [1.29, 1.82) is 0 Å². The number of hydrogen-bond donors (Lipinski definition) is 2. The Kier molecular flexibility index (Phi) is 2.83. The van der Waals surface area contributed by atoms with Crippen LogP contribution in [0.25, 0.3) is 22.4 Å². The van der Waals surface area contributed by atoms with Crippen molar-refractivity contribution in [3.05, 3.63) is 52.9 Å². The Bertz CT molecular complexity index is 848. The third-order valence-corrected chi connectivity index (χ3v) is 2.98. The molecule has 0 spiro atoms. The normalized spacial score (nSPS) is 10.8. The topological polar surface area (TPSA) is 88.0 Å². The number of aromatic nitrogens is 3. The first-order chi connectivity index (χ1) is 9.65. The molecule has 0 radical (unpaired) electrons. The lowest BCUT2D eigenvalue weighted by Gasteiger charge is -2.05. The fourth-order valence-electron chi connectivity index (χ4n) is 2.17. The smallest absolute Gasteiger partial charge is 0.323 e. The Labute approximate surface area is 113 Å². The van der Waals surface area contributed by atoms with Gasteiger partial charge in [-0.05, 0) is 18.2 Å². The number of carboxylic acid groups (broad SMARTS) is 1. The first kappa shape index (κ1) is 12.2. The van der Waals surface area contributed by atoms with E-state index in [2.05, 4.69) is 9.97 Å². The van der Waals surface area contributed by atoms with E-state index in [1.54, 1.807) is 10.6 Å². The number of aliphatic carboxylic acids is 1. The molecule has 0 amide bonds. The molecule has 0 aliphatic carbocycles. The molecule has 0 fully saturated rings. The zero-order chi connectivity index (χ0) is 14.1. The number of imidazole rings is 1. The van der Waals surface area contributed by atoms with Gasteiger partial charge in [0.1, 0.15) is 12.4 Å². The first-order valence-electron chi connectivity index (χ1n) is 6.01. The second-order valence-corrected chi connectivity index (χ2v) is 4.35. The summed E-state index contributed by atoms with van der Waals surface area (Å²) in [5, 5.41) is 9.05. The average molecular weight is 269 g/mol. The number of hydrogen-bond acceptors (Lipinski definition) is 3. The summed E-state index contributed by atoms with van der Waals surface area (Å²) >= 11 is 0. The van der Waals surface area contributed by atoms with Gasteiger partial charge in [-0.15, -0.1) is 0 Å². The van der Waals surface area contributed by atoms with Crippen LogP contribution < -0.4 is 5.56 Å². The molecule has 2 aromatic heterocycles. The molecule has 0 bridgehead atoms. The van der Waals surface area contributed by atoms with Gasteiger partial charge >= 0.3 is 5.97 Å². The first-order valence-corrected chi connectivity index (χ1v) is 6.01. The number of benzene rings is 1. The third kappa shape index (κ3) is 2.07. The van der Waals surface area contributed by atoms with E-state index in [-0.39, 0.29) is 12.1 Å². The van der Waals surface area contributed by atoms with Gasteiger partial charge in [-0.2, -0.15) is 0 Å². The summed E-state index contributed by atoms with van der Waals surface area (Å²) in [5.74, 6) is -0.487. The van der Waals surface area contributed by atoms with Gasteiger partial charge in [-0.1, -0.05) is 12.1 Å². The van der Waals surface area contributed by atoms with Gasteiger partial charge in [-0.3, -0.25) is 9.59 Å². The van der Waals surface area contributed by atoms with Crippen LogP contribution >= 0.6 is 0 Å². The van der Waals surface area contributed by atoms with E-state index in [0.717, 1.165) is 5.52 Å². The van der Waals surface area contributed by atoms with Gasteiger partial charge in [0.05, 0.1) is 11.0 Å². The van der Waals surface area contributed by atoms with E-state index in [9.17, 15) is 9.59 Å². The maximum Gasteiger partial charge on any atom is 0.323 e. The van der Waals surface area contributed by atoms with Gasteiger partial charge in [0.2, 0.25) is 5.56 Å². The highest BCUT2D eigenvalue weighted by Crippen LogP contribution is 2.23. The van der Waals surface area contributed by atoms with Crippen molar-refractivity contribution >= 4 is 17.0 Å². The van der Waals surface area contributed by atoms with E-state index in [4.69, 9.17) is 5.11 Å². The van der Waals surface area contributed by atoms with Crippen molar-refractivity contribution in [2.75, 3.05) is 0 Å². The lowest BCUT2D eigenvalue weighted by Crippen LogP contribution is -2.11. The van der Waals surface area contributed by atoms with Gasteiger partial charge < -0.3 is 14.7 Å². The SMILES string of the molecule is O=C(O)Cn1c(-c2cc[nH]c(=O)c2)nc2ccccc21. The molecule has 0 saturated heterocycles. The Morgan fingerprint density at radius 2 is 2.10 bits per heavy atom. The largest absolute Gasteiger partial charge is 0.480 e. The predicted molar refractivity (Wildman–Crippen MR) is 73.4 cm³/mol. The number of fused-ring (bicyclic) bond motifs is 1. The van der Waals surface area contributed by atoms with E-state index in [0.29, 0.717) is 16.9 Å². The van der Waals surface area contributed by atoms with Crippen molar-refractivity contribution in [3.8, 4) is 11.4 Å². The monoisotopic (exact) mass is 269 g/mol. The van der Waals surface area contributed by atoms with Gasteiger partial charge in [-0.25, -0.2) is 4.98 Å². The molecule has 6 nitrogen and oxygen atoms in total. The lowest BCUT2D eigenvalue weighted by molar-refractivity contribution is -0.137. The van der Waals surface area contributed by atoms with Crippen molar-refractivity contribution in [2.45, 2.75) is 6.54 Å². The van der Waals surface area contributed by atoms with E-state index in [1.165, 1.54) is 12.3 Å². The van der Waals surface area contributed by atoms with Crippen LogP contribution in [0.2, 0.25) is 0 Å². The van der Waals surface area contributed by atoms with Gasteiger partial charge in [0, 0.05) is 17.8 Å². The van der Waals surface area contributed by atoms with Crippen LogP contribution in [0, 0.1) is 0 Å². The summed E-state index contributed by atoms with van der Waals surface area (Å²) in [6.07, 6.45) is 1.52. The molecule has 0 aliphatic heterocycles. The van der Waals surface area contributed by atoms with Crippen LogP contribution in [0.5, 0.6) is 0 Å². The molecule has 0 aliphatic rings. The molecule has 2 heterocycles. The zero-order valence-electron chi connectivity index (χ0n) is 10.4. The zero-order valence-corrected chi connectivity index (χ0v) is 10.4. The second kappa shape index (κ2) is 4.65. The number of rotatable bonds is 3. The number of carbonyl (C=O) groups is 1. The molecular formula is C14H11N3O3. The van der Waals surface area contributed by atoms with E-state index in [1.807, 2.05) is 24.3 Å². The number of nitrogens with zero attached hydrogens (tertiary/aromatic N) is 2. The molecule has 0 saturated carbocycles. The van der Waals surface area contributed by atoms with E-state index < -0.39 is 5.97 Å². The lowest BCUT2D eigenvalue weighted by atomic mass is 10.2. The number of para-hydroxylation sites is 2. The highest BCUT2D eigenvalue weighted by molar-refractivity contribution is 5.82. The molecular weight excluding hydrogens is 258 g/mol. The maximum atomic E-state index is 11.4. The fourth-order valence-corrected chi connectivity index (χ4v) is 2.17. The summed E-state index contributed by atoms with van der Waals surface area (Å²) in [6.45, 7) is -0.206. The predicted octanol–water partition coefficient (Wildman–Crippen LogP) is 1.48. The average Bonchev–Trinajstić information content (AvgIpc) is 2.77. The molecule has 3 aromatic rings. The molecule has 6 heteroatoms. The van der Waals surface area contributed by atoms with Crippen molar-refractivity contribution < 1.29 is 9.90 Å². The summed E-state index contributed by atoms with van der Waals surface area (Å²) < 4.78 is 1.59. The molecule has 2 N–H and O–H groups in total. The van der Waals surface area contributed by atoms with Crippen LogP contribution in [0.4, 0.5) is 0 Å². The Balaban J connectivity index is 2.28. The third-order valence-electron chi connectivity index (χ3n) is 2.98. The van der Waals surface area contributed by atoms with Crippen LogP contribution in [-0.4, -0.2) is 25.6 Å². The minimum absolute atomic E-state index is 0.206. The Hall–Kier alpha value is -2.89. The summed E-state index contributed by atoms with van der Waals surface area (Å²) in [6, 6.07) is 10.4. The molecule has 100 valence electrons. The number of carboxylic acids is 1. The quantitative estimate of drug-likeness (QED) is 0.753. The Morgan fingerprint density at radius 1 is 1.30 bits per heavy atom.